The van der Waals surface area contributed by atoms with Crippen molar-refractivity contribution >= 4 is 6.03 Å². The predicted molar refractivity (Wildman–Crippen MR) is 109 cm³/mol. The Morgan fingerprint density at radius 1 is 1.19 bits per heavy atom. The van der Waals surface area contributed by atoms with Crippen LogP contribution in [0, 0.1) is 19.8 Å². The average molecular weight is 374 g/mol. The number of nitrogens with zero attached hydrogens (tertiary/aromatic N) is 2. The van der Waals surface area contributed by atoms with Crippen LogP contribution < -0.4 is 10.1 Å². The maximum absolute atomic E-state index is 12.4. The summed E-state index contributed by atoms with van der Waals surface area (Å²) in [6, 6.07) is 6.40. The summed E-state index contributed by atoms with van der Waals surface area (Å²) in [5, 5.41) is 3.10. The lowest BCUT2D eigenvalue weighted by molar-refractivity contribution is 0.109. The first-order chi connectivity index (χ1) is 13.0. The molecule has 0 saturated carbocycles. The van der Waals surface area contributed by atoms with Crippen molar-refractivity contribution in [3.8, 4) is 5.75 Å². The molecule has 150 valence electrons. The first kappa shape index (κ1) is 20.0. The molecule has 2 aliphatic heterocycles. The van der Waals surface area contributed by atoms with Crippen molar-refractivity contribution in [2.24, 2.45) is 5.92 Å². The van der Waals surface area contributed by atoms with Crippen molar-refractivity contribution in [2.75, 3.05) is 39.3 Å². The van der Waals surface area contributed by atoms with E-state index in [1.54, 1.807) is 0 Å². The normalized spacial score (nSPS) is 21.9. The number of carbonyl (C=O) groups is 1. The van der Waals surface area contributed by atoms with Gasteiger partial charge in [0.15, 0.2) is 0 Å². The van der Waals surface area contributed by atoms with Crippen LogP contribution in [0.2, 0.25) is 0 Å². The maximum Gasteiger partial charge on any atom is 0.317 e. The third-order valence-corrected chi connectivity index (χ3v) is 5.81. The second-order valence-corrected chi connectivity index (χ2v) is 8.35. The molecule has 5 nitrogen and oxygen atoms in total. The minimum absolute atomic E-state index is 0.0743. The summed E-state index contributed by atoms with van der Waals surface area (Å²) >= 11 is 0. The lowest BCUT2D eigenvalue weighted by Gasteiger charge is -2.33. The van der Waals surface area contributed by atoms with Gasteiger partial charge >= 0.3 is 6.03 Å². The second-order valence-electron chi connectivity index (χ2n) is 8.35. The van der Waals surface area contributed by atoms with Crippen LogP contribution in [0.5, 0.6) is 5.75 Å². The van der Waals surface area contributed by atoms with Gasteiger partial charge in [-0.25, -0.2) is 4.79 Å². The largest absolute Gasteiger partial charge is 0.490 e. The van der Waals surface area contributed by atoms with Gasteiger partial charge in [0.05, 0.1) is 0 Å². The van der Waals surface area contributed by atoms with Crippen molar-refractivity contribution in [3.05, 3.63) is 29.3 Å². The molecule has 1 aromatic rings. The first-order valence-electron chi connectivity index (χ1n) is 10.5. The average Bonchev–Trinajstić information content (AvgIpc) is 2.65. The molecule has 0 bridgehead atoms. The van der Waals surface area contributed by atoms with E-state index in [0.29, 0.717) is 0 Å². The highest BCUT2D eigenvalue weighted by molar-refractivity contribution is 5.74. The van der Waals surface area contributed by atoms with E-state index in [4.69, 9.17) is 4.74 Å². The Bertz CT molecular complexity index is 626. The van der Waals surface area contributed by atoms with E-state index in [9.17, 15) is 4.79 Å². The van der Waals surface area contributed by atoms with Crippen LogP contribution in [0.3, 0.4) is 0 Å². The summed E-state index contributed by atoms with van der Waals surface area (Å²) < 4.78 is 6.20. The van der Waals surface area contributed by atoms with Gasteiger partial charge in [0.25, 0.3) is 0 Å². The number of rotatable bonds is 5. The van der Waals surface area contributed by atoms with Gasteiger partial charge in [0, 0.05) is 45.6 Å². The molecular weight excluding hydrogens is 338 g/mol. The SMILES string of the molecule is Cc1ccc(C)c(OC2CCN(C(=O)NCCN3CCCC(C)C3)CC2)c1. The van der Waals surface area contributed by atoms with Crippen LogP contribution in [0.15, 0.2) is 18.2 Å². The molecule has 1 unspecified atom stereocenters. The molecule has 0 radical (unpaired) electrons. The van der Waals surface area contributed by atoms with Crippen LogP contribution in [-0.2, 0) is 0 Å². The third-order valence-electron chi connectivity index (χ3n) is 5.81. The first-order valence-corrected chi connectivity index (χ1v) is 10.5. The van der Waals surface area contributed by atoms with Crippen LogP contribution in [0.1, 0.15) is 43.7 Å². The fourth-order valence-electron chi connectivity index (χ4n) is 4.11. The standard InChI is InChI=1S/C22H35N3O2/c1-17-6-7-19(3)21(15-17)27-20-8-12-25(13-9-20)22(26)23-10-14-24-11-4-5-18(2)16-24/h6-7,15,18,20H,4-5,8-14,16H2,1-3H3,(H,23,26). The molecule has 2 saturated heterocycles. The smallest absolute Gasteiger partial charge is 0.317 e. The number of carbonyl (C=O) groups excluding carboxylic acids is 1. The summed E-state index contributed by atoms with van der Waals surface area (Å²) in [4.78, 5) is 16.8. The van der Waals surface area contributed by atoms with Crippen LogP contribution >= 0.6 is 0 Å². The molecule has 0 spiro atoms. The van der Waals surface area contributed by atoms with Gasteiger partial charge in [-0.15, -0.1) is 0 Å². The van der Waals surface area contributed by atoms with Crippen LogP contribution in [0.4, 0.5) is 4.79 Å². The Balaban J connectivity index is 1.37. The Kier molecular flexibility index (Phi) is 7.00. The molecule has 2 amide bonds. The number of urea groups is 1. The summed E-state index contributed by atoms with van der Waals surface area (Å²) in [6.45, 7) is 12.1. The summed E-state index contributed by atoms with van der Waals surface area (Å²) in [5.41, 5.74) is 2.39. The van der Waals surface area contributed by atoms with Crippen molar-refractivity contribution in [1.29, 1.82) is 0 Å². The van der Waals surface area contributed by atoms with Gasteiger partial charge in [-0.3, -0.25) is 0 Å². The molecule has 2 fully saturated rings. The number of amides is 2. The summed E-state index contributed by atoms with van der Waals surface area (Å²) in [7, 11) is 0. The number of likely N-dealkylation sites (tertiary alicyclic amines) is 2. The highest BCUT2D eigenvalue weighted by Crippen LogP contribution is 2.24. The number of piperidine rings is 2. The number of hydrogen-bond acceptors (Lipinski definition) is 3. The van der Waals surface area contributed by atoms with Gasteiger partial charge in [0.2, 0.25) is 0 Å². The molecule has 1 atom stereocenters. The van der Waals surface area contributed by atoms with E-state index < -0.39 is 0 Å². The molecular formula is C22H35N3O2. The zero-order chi connectivity index (χ0) is 19.2. The van der Waals surface area contributed by atoms with E-state index in [1.807, 2.05) is 4.90 Å². The highest BCUT2D eigenvalue weighted by Gasteiger charge is 2.24. The fourth-order valence-corrected chi connectivity index (χ4v) is 4.11. The Labute approximate surface area is 164 Å². The van der Waals surface area contributed by atoms with E-state index in [2.05, 4.69) is 49.2 Å². The minimum atomic E-state index is 0.0743. The zero-order valence-corrected chi connectivity index (χ0v) is 17.2. The second kappa shape index (κ2) is 9.45. The van der Waals surface area contributed by atoms with E-state index in [0.717, 1.165) is 57.2 Å². The number of hydrogen-bond donors (Lipinski definition) is 1. The van der Waals surface area contributed by atoms with Crippen molar-refractivity contribution in [1.82, 2.24) is 15.1 Å². The summed E-state index contributed by atoms with van der Waals surface area (Å²) in [6.07, 6.45) is 4.60. The Morgan fingerprint density at radius 3 is 2.70 bits per heavy atom. The Hall–Kier alpha value is -1.75. The molecule has 3 rings (SSSR count). The van der Waals surface area contributed by atoms with Crippen molar-refractivity contribution < 1.29 is 9.53 Å². The lowest BCUT2D eigenvalue weighted by Crippen LogP contribution is -2.48. The van der Waals surface area contributed by atoms with Crippen molar-refractivity contribution in [3.63, 3.8) is 0 Å². The zero-order valence-electron chi connectivity index (χ0n) is 17.2. The van der Waals surface area contributed by atoms with E-state index in [1.165, 1.54) is 30.5 Å². The van der Waals surface area contributed by atoms with E-state index in [-0.39, 0.29) is 12.1 Å². The molecule has 0 aromatic heterocycles. The van der Waals surface area contributed by atoms with E-state index >= 15 is 0 Å². The van der Waals surface area contributed by atoms with Crippen molar-refractivity contribution in [2.45, 2.75) is 52.6 Å². The van der Waals surface area contributed by atoms with Crippen LogP contribution in [-0.4, -0.2) is 61.2 Å². The third kappa shape index (κ3) is 5.86. The molecule has 2 heterocycles. The summed E-state index contributed by atoms with van der Waals surface area (Å²) in [5.74, 6) is 1.76. The maximum atomic E-state index is 12.4. The lowest BCUT2D eigenvalue weighted by atomic mass is 10.0. The van der Waals surface area contributed by atoms with Gasteiger partial charge in [0.1, 0.15) is 11.9 Å². The number of ether oxygens (including phenoxy) is 1. The number of benzene rings is 1. The molecule has 1 aromatic carbocycles. The highest BCUT2D eigenvalue weighted by atomic mass is 16.5. The molecule has 2 aliphatic rings. The topological polar surface area (TPSA) is 44.8 Å². The van der Waals surface area contributed by atoms with Gasteiger partial charge in [-0.1, -0.05) is 19.1 Å². The molecule has 27 heavy (non-hydrogen) atoms. The van der Waals surface area contributed by atoms with Gasteiger partial charge < -0.3 is 19.9 Å². The molecule has 0 aliphatic carbocycles. The quantitative estimate of drug-likeness (QED) is 0.858. The Morgan fingerprint density at radius 2 is 1.96 bits per heavy atom. The molecule has 5 heteroatoms. The number of nitrogens with one attached hydrogen (secondary N) is 1. The van der Waals surface area contributed by atoms with Gasteiger partial charge in [-0.05, 0) is 56.3 Å². The van der Waals surface area contributed by atoms with Crippen LogP contribution in [0.25, 0.3) is 0 Å². The van der Waals surface area contributed by atoms with Gasteiger partial charge in [-0.2, -0.15) is 0 Å². The monoisotopic (exact) mass is 373 g/mol. The number of aryl methyl sites for hydroxylation is 2. The predicted octanol–water partition coefficient (Wildman–Crippen LogP) is 3.59. The fraction of sp³-hybridized carbons (Fsp3) is 0.682. The molecule has 1 N–H and O–H groups in total. The minimum Gasteiger partial charge on any atom is -0.490 e.